The van der Waals surface area contributed by atoms with Crippen molar-refractivity contribution in [3.05, 3.63) is 34.3 Å². The van der Waals surface area contributed by atoms with E-state index in [9.17, 15) is 4.79 Å². The van der Waals surface area contributed by atoms with Gasteiger partial charge in [-0.2, -0.15) is 0 Å². The second-order valence-corrected chi connectivity index (χ2v) is 8.22. The van der Waals surface area contributed by atoms with Crippen LogP contribution in [0.1, 0.15) is 75.8 Å². The predicted molar refractivity (Wildman–Crippen MR) is 107 cm³/mol. The molecule has 26 heavy (non-hydrogen) atoms. The van der Waals surface area contributed by atoms with Crippen LogP contribution in [0.5, 0.6) is 0 Å². The first-order valence-corrected chi connectivity index (χ1v) is 10.7. The van der Waals surface area contributed by atoms with Crippen molar-refractivity contribution in [1.82, 2.24) is 4.90 Å². The molecule has 0 atom stereocenters. The van der Waals surface area contributed by atoms with Gasteiger partial charge in [-0.1, -0.05) is 56.8 Å². The summed E-state index contributed by atoms with van der Waals surface area (Å²) in [7, 11) is 0. The minimum Gasteiger partial charge on any atom is -0.464 e. The van der Waals surface area contributed by atoms with Gasteiger partial charge in [0.2, 0.25) is 0 Å². The topological polar surface area (TPSA) is 29.5 Å². The molecule has 0 saturated heterocycles. The van der Waals surface area contributed by atoms with E-state index in [2.05, 4.69) is 30.9 Å². The highest BCUT2D eigenvalue weighted by molar-refractivity contribution is 6.31. The molecule has 1 aromatic rings. The lowest BCUT2D eigenvalue weighted by Gasteiger charge is -2.24. The van der Waals surface area contributed by atoms with Gasteiger partial charge >= 0.3 is 5.97 Å². The maximum absolute atomic E-state index is 12.7. The standard InChI is InChI=1S/C22H32ClNO2/c1-3-24(4-2)14-15-26-21(25)22(12-13-22)18-10-11-19(20(23)16-18)17-8-6-5-7-9-17/h10-11,16-17H,3-9,12-15H2,1-2H3. The van der Waals surface area contributed by atoms with Crippen molar-refractivity contribution in [1.29, 1.82) is 0 Å². The first-order chi connectivity index (χ1) is 12.6. The molecule has 1 aromatic carbocycles. The summed E-state index contributed by atoms with van der Waals surface area (Å²) in [4.78, 5) is 15.0. The Morgan fingerprint density at radius 2 is 1.88 bits per heavy atom. The molecule has 0 unspecified atom stereocenters. The smallest absolute Gasteiger partial charge is 0.316 e. The summed E-state index contributed by atoms with van der Waals surface area (Å²) in [6.07, 6.45) is 8.15. The fourth-order valence-corrected chi connectivity index (χ4v) is 4.59. The van der Waals surface area contributed by atoms with Gasteiger partial charge in [0.1, 0.15) is 6.61 Å². The Balaban J connectivity index is 1.64. The molecule has 0 radical (unpaired) electrons. The molecule has 2 fully saturated rings. The molecule has 0 heterocycles. The Morgan fingerprint density at radius 3 is 2.46 bits per heavy atom. The van der Waals surface area contributed by atoms with E-state index in [-0.39, 0.29) is 5.97 Å². The molecule has 2 saturated carbocycles. The fraction of sp³-hybridized carbons (Fsp3) is 0.682. The van der Waals surface area contributed by atoms with Gasteiger partial charge in [-0.25, -0.2) is 0 Å². The molecular weight excluding hydrogens is 346 g/mol. The van der Waals surface area contributed by atoms with E-state index in [0.717, 1.165) is 43.1 Å². The van der Waals surface area contributed by atoms with E-state index < -0.39 is 5.41 Å². The Morgan fingerprint density at radius 1 is 1.19 bits per heavy atom. The lowest BCUT2D eigenvalue weighted by atomic mass is 9.83. The molecule has 4 heteroatoms. The van der Waals surface area contributed by atoms with Crippen molar-refractivity contribution in [2.75, 3.05) is 26.2 Å². The van der Waals surface area contributed by atoms with Crippen LogP contribution in [0, 0.1) is 0 Å². The largest absolute Gasteiger partial charge is 0.464 e. The first kappa shape index (κ1) is 19.7. The fourth-order valence-electron chi connectivity index (χ4n) is 4.25. The third-order valence-corrected chi connectivity index (χ3v) is 6.60. The third-order valence-electron chi connectivity index (χ3n) is 6.27. The van der Waals surface area contributed by atoms with E-state index >= 15 is 0 Å². The minimum atomic E-state index is -0.446. The average molecular weight is 378 g/mol. The van der Waals surface area contributed by atoms with Gasteiger partial charge in [-0.05, 0) is 61.9 Å². The summed E-state index contributed by atoms with van der Waals surface area (Å²) in [5.41, 5.74) is 1.86. The molecule has 0 spiro atoms. The normalized spacial score (nSPS) is 19.5. The van der Waals surface area contributed by atoms with Crippen LogP contribution in [0.2, 0.25) is 5.02 Å². The summed E-state index contributed by atoms with van der Waals surface area (Å²) in [6, 6.07) is 6.31. The number of likely N-dealkylation sites (N-methyl/N-ethyl adjacent to an activating group) is 1. The molecule has 0 bridgehead atoms. The molecule has 144 valence electrons. The summed E-state index contributed by atoms with van der Waals surface area (Å²) in [6.45, 7) is 7.49. The molecule has 0 aromatic heterocycles. The van der Waals surface area contributed by atoms with Gasteiger partial charge in [-0.3, -0.25) is 4.79 Å². The highest BCUT2D eigenvalue weighted by Gasteiger charge is 2.53. The maximum Gasteiger partial charge on any atom is 0.316 e. The molecule has 2 aliphatic rings. The van der Waals surface area contributed by atoms with Crippen LogP contribution in [-0.4, -0.2) is 37.1 Å². The van der Waals surface area contributed by atoms with Crippen LogP contribution in [0.3, 0.4) is 0 Å². The summed E-state index contributed by atoms with van der Waals surface area (Å²) >= 11 is 6.63. The van der Waals surface area contributed by atoms with Crippen molar-refractivity contribution in [3.63, 3.8) is 0 Å². The Kier molecular flexibility index (Phi) is 6.63. The van der Waals surface area contributed by atoms with Gasteiger partial charge in [0.25, 0.3) is 0 Å². The molecular formula is C22H32ClNO2. The SMILES string of the molecule is CCN(CC)CCOC(=O)C1(c2ccc(C3CCCCC3)c(Cl)c2)CC1. The van der Waals surface area contributed by atoms with Gasteiger partial charge in [-0.15, -0.1) is 0 Å². The number of hydrogen-bond donors (Lipinski definition) is 0. The van der Waals surface area contributed by atoms with E-state index in [1.54, 1.807) is 0 Å². The van der Waals surface area contributed by atoms with Crippen LogP contribution in [0.15, 0.2) is 18.2 Å². The summed E-state index contributed by atoms with van der Waals surface area (Å²) in [5.74, 6) is 0.507. The highest BCUT2D eigenvalue weighted by atomic mass is 35.5. The van der Waals surface area contributed by atoms with Crippen LogP contribution in [0.25, 0.3) is 0 Å². The van der Waals surface area contributed by atoms with Gasteiger partial charge in [0, 0.05) is 11.6 Å². The third kappa shape index (κ3) is 4.26. The van der Waals surface area contributed by atoms with E-state index in [4.69, 9.17) is 16.3 Å². The number of esters is 1. The predicted octanol–water partition coefficient (Wildman–Crippen LogP) is 5.30. The molecule has 0 N–H and O–H groups in total. The molecule has 2 aliphatic carbocycles. The zero-order chi connectivity index (χ0) is 18.6. The zero-order valence-electron chi connectivity index (χ0n) is 16.2. The number of halogens is 1. The second-order valence-electron chi connectivity index (χ2n) is 7.82. The molecule has 3 rings (SSSR count). The van der Waals surface area contributed by atoms with Crippen molar-refractivity contribution < 1.29 is 9.53 Å². The monoisotopic (exact) mass is 377 g/mol. The summed E-state index contributed by atoms with van der Waals surface area (Å²) in [5, 5.41) is 0.830. The minimum absolute atomic E-state index is 0.0776. The number of carbonyl (C=O) groups is 1. The van der Waals surface area contributed by atoms with Crippen molar-refractivity contribution in [3.8, 4) is 0 Å². The first-order valence-electron chi connectivity index (χ1n) is 10.3. The zero-order valence-corrected chi connectivity index (χ0v) is 17.0. The molecule has 0 amide bonds. The average Bonchev–Trinajstić information content (AvgIpc) is 3.48. The number of hydrogen-bond acceptors (Lipinski definition) is 3. The number of rotatable bonds is 8. The van der Waals surface area contributed by atoms with Crippen LogP contribution in [0.4, 0.5) is 0 Å². The number of ether oxygens (including phenoxy) is 1. The van der Waals surface area contributed by atoms with Crippen LogP contribution >= 0.6 is 11.6 Å². The molecule has 3 nitrogen and oxygen atoms in total. The number of carbonyl (C=O) groups excluding carboxylic acids is 1. The van der Waals surface area contributed by atoms with Crippen molar-refractivity contribution in [2.45, 2.75) is 70.1 Å². The van der Waals surface area contributed by atoms with E-state index in [0.29, 0.717) is 12.5 Å². The van der Waals surface area contributed by atoms with Crippen molar-refractivity contribution in [2.24, 2.45) is 0 Å². The van der Waals surface area contributed by atoms with Crippen LogP contribution < -0.4 is 0 Å². The Hall–Kier alpha value is -1.06. The maximum atomic E-state index is 12.7. The highest BCUT2D eigenvalue weighted by Crippen LogP contribution is 2.50. The number of nitrogens with zero attached hydrogens (tertiary/aromatic N) is 1. The summed E-state index contributed by atoms with van der Waals surface area (Å²) < 4.78 is 5.62. The number of benzene rings is 1. The van der Waals surface area contributed by atoms with Gasteiger partial charge in [0.15, 0.2) is 0 Å². The second kappa shape index (κ2) is 8.75. The van der Waals surface area contributed by atoms with E-state index in [1.807, 2.05) is 6.07 Å². The lowest BCUT2D eigenvalue weighted by molar-refractivity contribution is -0.147. The Bertz CT molecular complexity index is 617. The van der Waals surface area contributed by atoms with Gasteiger partial charge in [0.05, 0.1) is 5.41 Å². The lowest BCUT2D eigenvalue weighted by Crippen LogP contribution is -2.30. The van der Waals surface area contributed by atoms with Crippen molar-refractivity contribution >= 4 is 17.6 Å². The Labute approximate surface area is 163 Å². The van der Waals surface area contributed by atoms with Gasteiger partial charge < -0.3 is 9.64 Å². The molecule has 0 aliphatic heterocycles. The van der Waals surface area contributed by atoms with Crippen LogP contribution in [-0.2, 0) is 14.9 Å². The van der Waals surface area contributed by atoms with E-state index in [1.165, 1.54) is 37.7 Å². The quantitative estimate of drug-likeness (QED) is 0.575.